The standard InChI is InChI=1S/C34H34N2O6S3/c1-24-8-16-28(17-9-24)44(38,39)36-32-7-5-4-6-30(32)31-20-21-35(22-26-12-14-27(42-3)15-13-26)33(34(31)36)23-43(37)45(40,41)29-18-10-25(2)11-19-29/h4-19,33H,20-23H2,1-3H3/t33-,43-/m0/s1. The second-order valence-corrected chi connectivity index (χ2v) is 17.8. The first-order chi connectivity index (χ1) is 21.5. The molecule has 0 bridgehead atoms. The van der Waals surface area contributed by atoms with E-state index >= 15 is 0 Å². The zero-order valence-corrected chi connectivity index (χ0v) is 27.7. The predicted molar refractivity (Wildman–Crippen MR) is 177 cm³/mol. The lowest BCUT2D eigenvalue weighted by Crippen LogP contribution is -2.40. The Hall–Kier alpha value is -3.77. The van der Waals surface area contributed by atoms with Crippen molar-refractivity contribution in [2.45, 2.75) is 42.6 Å². The van der Waals surface area contributed by atoms with Crippen molar-refractivity contribution in [3.05, 3.63) is 125 Å². The van der Waals surface area contributed by atoms with Crippen LogP contribution in [0.2, 0.25) is 0 Å². The van der Waals surface area contributed by atoms with Crippen molar-refractivity contribution in [2.75, 3.05) is 19.4 Å². The molecule has 234 valence electrons. The minimum Gasteiger partial charge on any atom is -0.497 e. The second kappa shape index (κ2) is 12.2. The van der Waals surface area contributed by atoms with Crippen LogP contribution < -0.4 is 4.74 Å². The third-order valence-electron chi connectivity index (χ3n) is 8.33. The first kappa shape index (κ1) is 31.2. The van der Waals surface area contributed by atoms with Crippen molar-refractivity contribution in [1.29, 1.82) is 0 Å². The summed E-state index contributed by atoms with van der Waals surface area (Å²) in [5.41, 5.74) is 4.51. The molecule has 6 rings (SSSR count). The van der Waals surface area contributed by atoms with Crippen molar-refractivity contribution in [1.82, 2.24) is 8.87 Å². The zero-order valence-electron chi connectivity index (χ0n) is 25.2. The quantitative estimate of drug-likeness (QED) is 0.186. The summed E-state index contributed by atoms with van der Waals surface area (Å²) in [6, 6.07) is 27.0. The lowest BCUT2D eigenvalue weighted by atomic mass is 9.97. The summed E-state index contributed by atoms with van der Waals surface area (Å²) in [4.78, 5) is 2.13. The van der Waals surface area contributed by atoms with Gasteiger partial charge in [0.2, 0.25) is 0 Å². The van der Waals surface area contributed by atoms with Gasteiger partial charge in [0.05, 0.1) is 39.9 Å². The summed E-state index contributed by atoms with van der Waals surface area (Å²) in [5, 5.41) is 0.782. The second-order valence-electron chi connectivity index (χ2n) is 11.3. The van der Waals surface area contributed by atoms with Crippen LogP contribution in [-0.4, -0.2) is 49.3 Å². The van der Waals surface area contributed by atoms with E-state index in [1.165, 1.54) is 16.1 Å². The minimum absolute atomic E-state index is 0.0306. The first-order valence-corrected chi connectivity index (χ1v) is 19.3. The van der Waals surface area contributed by atoms with Gasteiger partial charge in [-0.1, -0.05) is 65.7 Å². The topological polar surface area (TPSA) is 103 Å². The van der Waals surface area contributed by atoms with Gasteiger partial charge in [-0.15, -0.1) is 0 Å². The van der Waals surface area contributed by atoms with E-state index in [1.54, 1.807) is 55.6 Å². The van der Waals surface area contributed by atoms with Crippen LogP contribution in [0.4, 0.5) is 0 Å². The lowest BCUT2D eigenvalue weighted by molar-refractivity contribution is 0.188. The van der Waals surface area contributed by atoms with Crippen molar-refractivity contribution in [3.63, 3.8) is 0 Å². The van der Waals surface area contributed by atoms with Gasteiger partial charge in [0, 0.05) is 18.5 Å². The Morgan fingerprint density at radius 1 is 0.800 bits per heavy atom. The maximum Gasteiger partial charge on any atom is 0.268 e. The van der Waals surface area contributed by atoms with E-state index in [1.807, 2.05) is 55.1 Å². The highest BCUT2D eigenvalue weighted by Gasteiger charge is 2.39. The molecule has 8 nitrogen and oxygen atoms in total. The van der Waals surface area contributed by atoms with Gasteiger partial charge in [-0.2, -0.15) is 0 Å². The number of hydrogen-bond donors (Lipinski definition) is 0. The molecular formula is C34H34N2O6S3. The summed E-state index contributed by atoms with van der Waals surface area (Å²) < 4.78 is 76.7. The summed E-state index contributed by atoms with van der Waals surface area (Å²) in [6.45, 7) is 4.65. The van der Waals surface area contributed by atoms with Gasteiger partial charge in [0.25, 0.3) is 18.9 Å². The minimum atomic E-state index is -4.23. The number of fused-ring (bicyclic) bond motifs is 3. The Morgan fingerprint density at radius 2 is 1.40 bits per heavy atom. The lowest BCUT2D eigenvalue weighted by Gasteiger charge is -2.36. The molecule has 1 aromatic heterocycles. The van der Waals surface area contributed by atoms with Gasteiger partial charge < -0.3 is 4.74 Å². The molecule has 0 saturated carbocycles. The van der Waals surface area contributed by atoms with Gasteiger partial charge in [-0.05, 0) is 73.9 Å². The van der Waals surface area contributed by atoms with E-state index in [4.69, 9.17) is 4.74 Å². The average molecular weight is 663 g/mol. The molecule has 0 amide bonds. The summed E-state index contributed by atoms with van der Waals surface area (Å²) >= 11 is 0. The molecule has 0 N–H and O–H groups in total. The van der Waals surface area contributed by atoms with Crippen LogP contribution in [0.5, 0.6) is 5.75 Å². The predicted octanol–water partition coefficient (Wildman–Crippen LogP) is 5.74. The molecule has 0 fully saturated rings. The van der Waals surface area contributed by atoms with Crippen LogP contribution in [0.3, 0.4) is 0 Å². The van der Waals surface area contributed by atoms with Crippen LogP contribution in [-0.2, 0) is 41.7 Å². The normalized spacial score (nSPS) is 16.4. The third-order valence-corrected chi connectivity index (χ3v) is 14.5. The number of hydrogen-bond acceptors (Lipinski definition) is 7. The van der Waals surface area contributed by atoms with Crippen molar-refractivity contribution in [2.24, 2.45) is 0 Å². The third kappa shape index (κ3) is 5.85. The van der Waals surface area contributed by atoms with E-state index in [2.05, 4.69) is 0 Å². The molecule has 45 heavy (non-hydrogen) atoms. The van der Waals surface area contributed by atoms with E-state index in [0.717, 1.165) is 27.6 Å². The first-order valence-electron chi connectivity index (χ1n) is 14.5. The molecule has 1 aliphatic rings. The van der Waals surface area contributed by atoms with Crippen LogP contribution in [0.15, 0.2) is 107 Å². The fourth-order valence-corrected chi connectivity index (χ4v) is 10.9. The average Bonchev–Trinajstić information content (AvgIpc) is 3.38. The maximum atomic E-state index is 14.4. The highest BCUT2D eigenvalue weighted by Crippen LogP contribution is 2.41. The number of methoxy groups -OCH3 is 1. The molecule has 11 heteroatoms. The largest absolute Gasteiger partial charge is 0.497 e. The fourth-order valence-electron chi connectivity index (χ4n) is 5.92. The fraction of sp³-hybridized carbons (Fsp3) is 0.235. The number of aryl methyl sites for hydroxylation is 2. The SMILES string of the molecule is COc1ccc(CN2CCc3c(n(S(=O)(=O)c4ccc(C)cc4)c4ccccc34)[C@@H]2C[S@@](=O)S(=O)(=O)c2ccc(C)cc2)cc1. The van der Waals surface area contributed by atoms with Crippen LogP contribution in [0, 0.1) is 13.8 Å². The van der Waals surface area contributed by atoms with Gasteiger partial charge in [-0.25, -0.2) is 25.0 Å². The molecular weight excluding hydrogens is 629 g/mol. The van der Waals surface area contributed by atoms with Gasteiger partial charge >= 0.3 is 0 Å². The Labute approximate surface area is 266 Å². The number of rotatable bonds is 9. The number of para-hydroxylation sites is 1. The summed E-state index contributed by atoms with van der Waals surface area (Å²) in [6.07, 6.45) is 0.538. The van der Waals surface area contributed by atoms with Crippen LogP contribution >= 0.6 is 0 Å². The molecule has 0 unspecified atom stereocenters. The van der Waals surface area contributed by atoms with E-state index in [-0.39, 0.29) is 15.5 Å². The van der Waals surface area contributed by atoms with E-state index in [9.17, 15) is 21.0 Å². The Bertz CT molecular complexity index is 2100. The molecule has 0 aliphatic carbocycles. The summed E-state index contributed by atoms with van der Waals surface area (Å²) in [7, 11) is -9.14. The molecule has 4 aromatic carbocycles. The molecule has 5 aromatic rings. The zero-order chi connectivity index (χ0) is 31.9. The number of ether oxygens (including phenoxy) is 1. The molecule has 2 atom stereocenters. The number of benzene rings is 4. The monoisotopic (exact) mass is 662 g/mol. The molecule has 2 heterocycles. The molecule has 0 saturated heterocycles. The van der Waals surface area contributed by atoms with Gasteiger partial charge in [-0.3, -0.25) is 4.90 Å². The van der Waals surface area contributed by atoms with Crippen LogP contribution in [0.1, 0.15) is 34.0 Å². The smallest absolute Gasteiger partial charge is 0.268 e. The Morgan fingerprint density at radius 3 is 2.02 bits per heavy atom. The van der Waals surface area contributed by atoms with E-state index < -0.39 is 34.8 Å². The highest BCUT2D eigenvalue weighted by atomic mass is 33.2. The van der Waals surface area contributed by atoms with Crippen LogP contribution in [0.25, 0.3) is 10.9 Å². The molecule has 0 spiro atoms. The Balaban J connectivity index is 1.52. The molecule has 0 radical (unpaired) electrons. The number of nitrogens with zero attached hydrogens (tertiary/aromatic N) is 2. The van der Waals surface area contributed by atoms with Crippen molar-refractivity contribution >= 4 is 39.6 Å². The maximum absolute atomic E-state index is 14.4. The molecule has 1 aliphatic heterocycles. The summed E-state index contributed by atoms with van der Waals surface area (Å²) in [5.74, 6) is 0.393. The van der Waals surface area contributed by atoms with Gasteiger partial charge in [0.1, 0.15) is 15.6 Å². The highest BCUT2D eigenvalue weighted by molar-refractivity contribution is 8.64. The van der Waals surface area contributed by atoms with Crippen molar-refractivity contribution < 1.29 is 25.8 Å². The van der Waals surface area contributed by atoms with E-state index in [0.29, 0.717) is 36.5 Å². The van der Waals surface area contributed by atoms with Gasteiger partial charge in [0.15, 0.2) is 0 Å². The van der Waals surface area contributed by atoms with Crippen molar-refractivity contribution in [3.8, 4) is 5.75 Å². The Kier molecular flexibility index (Phi) is 8.47. The number of aromatic nitrogens is 1.